The van der Waals surface area contributed by atoms with E-state index in [0.717, 1.165) is 29.3 Å². The molecule has 0 aliphatic heterocycles. The highest BCUT2D eigenvalue weighted by Crippen LogP contribution is 2.17. The monoisotopic (exact) mass is 356 g/mol. The molecule has 27 heavy (non-hydrogen) atoms. The smallest absolute Gasteiger partial charge is 0.180 e. The lowest BCUT2D eigenvalue weighted by Crippen LogP contribution is -2.05. The Balaban J connectivity index is 1.51. The van der Waals surface area contributed by atoms with Gasteiger partial charge < -0.3 is 5.32 Å². The Bertz CT molecular complexity index is 995. The third kappa shape index (κ3) is 4.00. The van der Waals surface area contributed by atoms with Crippen LogP contribution in [0.2, 0.25) is 0 Å². The highest BCUT2D eigenvalue weighted by atomic mass is 15.3. The van der Waals surface area contributed by atoms with Gasteiger partial charge in [0.05, 0.1) is 5.69 Å². The summed E-state index contributed by atoms with van der Waals surface area (Å²) in [5, 5.41) is 7.64. The molecule has 134 valence electrons. The average Bonchev–Trinajstić information content (AvgIpc) is 3.28. The van der Waals surface area contributed by atoms with Crippen LogP contribution in [0.4, 0.5) is 5.82 Å². The summed E-state index contributed by atoms with van der Waals surface area (Å²) in [6, 6.07) is 17.9. The van der Waals surface area contributed by atoms with Crippen LogP contribution in [-0.2, 0) is 13.0 Å². The van der Waals surface area contributed by atoms with Crippen LogP contribution < -0.4 is 5.32 Å². The minimum absolute atomic E-state index is 0.645. The van der Waals surface area contributed by atoms with Crippen molar-refractivity contribution in [2.24, 2.45) is 0 Å². The van der Waals surface area contributed by atoms with E-state index in [4.69, 9.17) is 0 Å². The Kier molecular flexibility index (Phi) is 4.87. The van der Waals surface area contributed by atoms with Crippen LogP contribution >= 0.6 is 0 Å². The number of aryl methyl sites for hydroxylation is 1. The van der Waals surface area contributed by atoms with E-state index in [2.05, 4.69) is 56.6 Å². The summed E-state index contributed by atoms with van der Waals surface area (Å²) in [6.45, 7) is 2.77. The molecular formula is C21H20N6. The molecule has 0 amide bonds. The zero-order valence-electron chi connectivity index (χ0n) is 15.1. The van der Waals surface area contributed by atoms with E-state index in [1.807, 2.05) is 41.2 Å². The Morgan fingerprint density at radius 2 is 1.85 bits per heavy atom. The number of benzene rings is 1. The number of nitrogens with zero attached hydrogens (tertiary/aromatic N) is 5. The van der Waals surface area contributed by atoms with Crippen molar-refractivity contribution in [1.29, 1.82) is 0 Å². The fraction of sp³-hybridized carbons (Fsp3) is 0.143. The van der Waals surface area contributed by atoms with Crippen molar-refractivity contribution in [1.82, 2.24) is 24.7 Å². The molecule has 0 aliphatic rings. The van der Waals surface area contributed by atoms with Crippen LogP contribution in [0.1, 0.15) is 18.2 Å². The molecule has 0 radical (unpaired) electrons. The number of anilines is 1. The quantitative estimate of drug-likeness (QED) is 0.567. The third-order valence-corrected chi connectivity index (χ3v) is 4.21. The van der Waals surface area contributed by atoms with Crippen LogP contribution in [0.5, 0.6) is 0 Å². The van der Waals surface area contributed by atoms with Gasteiger partial charge in [0.25, 0.3) is 0 Å². The van der Waals surface area contributed by atoms with Gasteiger partial charge in [-0.25, -0.2) is 14.6 Å². The molecule has 0 atom stereocenters. The first-order chi connectivity index (χ1) is 13.3. The second kappa shape index (κ2) is 7.78. The maximum atomic E-state index is 4.63. The molecule has 0 unspecified atom stereocenters. The van der Waals surface area contributed by atoms with Crippen LogP contribution in [0.15, 0.2) is 73.2 Å². The van der Waals surface area contributed by atoms with Gasteiger partial charge in [-0.15, -0.1) is 0 Å². The maximum Gasteiger partial charge on any atom is 0.180 e. The second-order valence-corrected chi connectivity index (χ2v) is 6.11. The normalized spacial score (nSPS) is 10.7. The second-order valence-electron chi connectivity index (χ2n) is 6.11. The number of hydrogen-bond acceptors (Lipinski definition) is 5. The highest BCUT2D eigenvalue weighted by molar-refractivity contribution is 5.53. The average molecular weight is 356 g/mol. The minimum atomic E-state index is 0.645. The molecule has 4 aromatic rings. The fourth-order valence-electron chi connectivity index (χ4n) is 2.76. The van der Waals surface area contributed by atoms with Gasteiger partial charge in [0.1, 0.15) is 11.5 Å². The van der Waals surface area contributed by atoms with E-state index < -0.39 is 0 Å². The van der Waals surface area contributed by atoms with Gasteiger partial charge in [-0.05, 0) is 42.3 Å². The van der Waals surface area contributed by atoms with Gasteiger partial charge in [-0.1, -0.05) is 25.1 Å². The molecule has 6 nitrogen and oxygen atoms in total. The van der Waals surface area contributed by atoms with Gasteiger partial charge in [-0.2, -0.15) is 5.10 Å². The topological polar surface area (TPSA) is 68.5 Å². The summed E-state index contributed by atoms with van der Waals surface area (Å²) in [7, 11) is 0. The Hall–Kier alpha value is -3.54. The van der Waals surface area contributed by atoms with Crippen molar-refractivity contribution >= 4 is 5.82 Å². The van der Waals surface area contributed by atoms with E-state index in [0.29, 0.717) is 12.4 Å². The largest absolute Gasteiger partial charge is 0.366 e. The summed E-state index contributed by atoms with van der Waals surface area (Å²) in [5.74, 6) is 1.45. The molecule has 4 rings (SSSR count). The summed E-state index contributed by atoms with van der Waals surface area (Å²) < 4.78 is 1.84. The number of hydrogen-bond donors (Lipinski definition) is 1. The van der Waals surface area contributed by atoms with Crippen molar-refractivity contribution in [3.63, 3.8) is 0 Å². The number of aromatic nitrogens is 5. The van der Waals surface area contributed by atoms with Crippen molar-refractivity contribution in [3.8, 4) is 17.2 Å². The third-order valence-electron chi connectivity index (χ3n) is 4.21. The molecule has 0 spiro atoms. The van der Waals surface area contributed by atoms with Crippen LogP contribution in [0, 0.1) is 0 Å². The predicted molar refractivity (Wildman–Crippen MR) is 106 cm³/mol. The van der Waals surface area contributed by atoms with E-state index in [-0.39, 0.29) is 0 Å². The van der Waals surface area contributed by atoms with E-state index in [9.17, 15) is 0 Å². The first-order valence-corrected chi connectivity index (χ1v) is 8.94. The van der Waals surface area contributed by atoms with E-state index >= 15 is 0 Å². The van der Waals surface area contributed by atoms with Crippen LogP contribution in [0.25, 0.3) is 17.2 Å². The standard InChI is InChI=1S/C21H20N6/c1-2-17-14-20(26-21(25-17)19-6-3-4-11-22-19)23-15-16-7-9-18(10-8-16)27-13-5-12-24-27/h3-14H,2,15H2,1H3,(H,23,25,26). The number of nitrogens with one attached hydrogen (secondary N) is 1. The Labute approximate surface area is 158 Å². The fourth-order valence-corrected chi connectivity index (χ4v) is 2.76. The van der Waals surface area contributed by atoms with Crippen molar-refractivity contribution < 1.29 is 0 Å². The van der Waals surface area contributed by atoms with Gasteiger partial charge >= 0.3 is 0 Å². The molecule has 3 heterocycles. The summed E-state index contributed by atoms with van der Waals surface area (Å²) in [5.41, 5.74) is 3.97. The zero-order valence-corrected chi connectivity index (χ0v) is 15.1. The predicted octanol–water partition coefficient (Wildman–Crippen LogP) is 3.90. The van der Waals surface area contributed by atoms with Crippen molar-refractivity contribution in [2.45, 2.75) is 19.9 Å². The lowest BCUT2D eigenvalue weighted by atomic mass is 10.2. The van der Waals surface area contributed by atoms with Gasteiger partial charge in [-0.3, -0.25) is 4.98 Å². The molecule has 0 bridgehead atoms. The SMILES string of the molecule is CCc1cc(NCc2ccc(-n3cccn3)cc2)nc(-c2ccccn2)n1. The highest BCUT2D eigenvalue weighted by Gasteiger charge is 2.07. The zero-order chi connectivity index (χ0) is 18.5. The molecule has 0 fully saturated rings. The maximum absolute atomic E-state index is 4.63. The molecule has 0 saturated heterocycles. The first-order valence-electron chi connectivity index (χ1n) is 8.94. The molecule has 1 N–H and O–H groups in total. The molecule has 6 heteroatoms. The lowest BCUT2D eigenvalue weighted by Gasteiger charge is -2.10. The molecule has 0 saturated carbocycles. The number of pyridine rings is 1. The summed E-state index contributed by atoms with van der Waals surface area (Å²) in [4.78, 5) is 13.6. The van der Waals surface area contributed by atoms with Gasteiger partial charge in [0, 0.05) is 36.9 Å². The first kappa shape index (κ1) is 16.9. The van der Waals surface area contributed by atoms with E-state index in [1.54, 1.807) is 12.4 Å². The summed E-state index contributed by atoms with van der Waals surface area (Å²) >= 11 is 0. The summed E-state index contributed by atoms with van der Waals surface area (Å²) in [6.07, 6.45) is 6.30. The minimum Gasteiger partial charge on any atom is -0.366 e. The molecule has 0 aliphatic carbocycles. The Morgan fingerprint density at radius 1 is 0.963 bits per heavy atom. The van der Waals surface area contributed by atoms with Crippen molar-refractivity contribution in [3.05, 3.63) is 84.4 Å². The van der Waals surface area contributed by atoms with Crippen LogP contribution in [0.3, 0.4) is 0 Å². The molecule has 1 aromatic carbocycles. The van der Waals surface area contributed by atoms with Crippen LogP contribution in [-0.4, -0.2) is 24.7 Å². The van der Waals surface area contributed by atoms with E-state index in [1.165, 1.54) is 5.56 Å². The molecule has 3 aromatic heterocycles. The van der Waals surface area contributed by atoms with Crippen molar-refractivity contribution in [2.75, 3.05) is 5.32 Å². The lowest BCUT2D eigenvalue weighted by molar-refractivity contribution is 0.879. The van der Waals surface area contributed by atoms with Gasteiger partial charge in [0.2, 0.25) is 0 Å². The molecular weight excluding hydrogens is 336 g/mol. The Morgan fingerprint density at radius 3 is 2.56 bits per heavy atom. The van der Waals surface area contributed by atoms with Gasteiger partial charge in [0.15, 0.2) is 5.82 Å². The number of rotatable bonds is 6.